The molecule has 6 heteroatoms. The first-order chi connectivity index (χ1) is 14.2. The molecule has 29 heavy (non-hydrogen) atoms. The van der Waals surface area contributed by atoms with E-state index in [0.29, 0.717) is 12.2 Å². The lowest BCUT2D eigenvalue weighted by atomic mass is 10.1. The minimum absolute atomic E-state index is 0.210. The van der Waals surface area contributed by atoms with Gasteiger partial charge in [-0.05, 0) is 36.8 Å². The molecule has 4 rings (SSSR count). The van der Waals surface area contributed by atoms with Crippen molar-refractivity contribution in [3.8, 4) is 0 Å². The van der Waals surface area contributed by atoms with Gasteiger partial charge in [0, 0.05) is 38.4 Å². The second-order valence-corrected chi connectivity index (χ2v) is 7.25. The fourth-order valence-corrected chi connectivity index (χ4v) is 3.43. The van der Waals surface area contributed by atoms with E-state index in [1.807, 2.05) is 43.3 Å². The summed E-state index contributed by atoms with van der Waals surface area (Å²) >= 11 is 0. The maximum atomic E-state index is 12.3. The molecule has 0 bridgehead atoms. The molecule has 1 aliphatic rings. The van der Waals surface area contributed by atoms with Gasteiger partial charge in [0.15, 0.2) is 11.5 Å². The van der Waals surface area contributed by atoms with Crippen LogP contribution in [0.3, 0.4) is 0 Å². The monoisotopic (exact) mass is 387 g/mol. The summed E-state index contributed by atoms with van der Waals surface area (Å²) in [7, 11) is 0. The number of amides is 1. The van der Waals surface area contributed by atoms with E-state index in [0.717, 1.165) is 37.6 Å². The van der Waals surface area contributed by atoms with Gasteiger partial charge in [-0.15, -0.1) is 10.2 Å². The predicted molar refractivity (Wildman–Crippen MR) is 115 cm³/mol. The quantitative estimate of drug-likeness (QED) is 0.729. The first-order valence-electron chi connectivity index (χ1n) is 9.91. The van der Waals surface area contributed by atoms with Crippen molar-refractivity contribution in [1.82, 2.24) is 15.5 Å². The number of nitrogens with zero attached hydrogens (tertiary/aromatic N) is 4. The molecule has 1 aliphatic heterocycles. The smallest absolute Gasteiger partial charge is 0.272 e. The lowest BCUT2D eigenvalue weighted by Gasteiger charge is -2.36. The van der Waals surface area contributed by atoms with E-state index in [-0.39, 0.29) is 5.91 Å². The maximum absolute atomic E-state index is 12.3. The van der Waals surface area contributed by atoms with Gasteiger partial charge in [0.1, 0.15) is 0 Å². The largest absolute Gasteiger partial charge is 0.368 e. The van der Waals surface area contributed by atoms with E-state index in [1.54, 1.807) is 6.07 Å². The van der Waals surface area contributed by atoms with Gasteiger partial charge in [-0.2, -0.15) is 0 Å². The third-order valence-corrected chi connectivity index (χ3v) is 5.18. The molecule has 0 aliphatic carbocycles. The Balaban J connectivity index is 1.31. The number of carbonyl (C=O) groups is 1. The van der Waals surface area contributed by atoms with E-state index in [1.165, 1.54) is 11.3 Å². The van der Waals surface area contributed by atoms with Gasteiger partial charge in [0.25, 0.3) is 5.91 Å². The summed E-state index contributed by atoms with van der Waals surface area (Å²) in [5, 5.41) is 11.3. The minimum Gasteiger partial charge on any atom is -0.368 e. The normalized spacial score (nSPS) is 14.0. The average Bonchev–Trinajstić information content (AvgIpc) is 2.79. The molecule has 0 unspecified atom stereocenters. The van der Waals surface area contributed by atoms with Gasteiger partial charge >= 0.3 is 0 Å². The molecule has 1 aromatic heterocycles. The van der Waals surface area contributed by atoms with Gasteiger partial charge in [-0.1, -0.05) is 48.0 Å². The van der Waals surface area contributed by atoms with Crippen molar-refractivity contribution in [2.45, 2.75) is 13.5 Å². The molecule has 0 radical (unpaired) electrons. The zero-order valence-corrected chi connectivity index (χ0v) is 16.6. The number of hydrogen-bond acceptors (Lipinski definition) is 5. The second kappa shape index (κ2) is 8.73. The number of benzene rings is 2. The molecule has 0 atom stereocenters. The van der Waals surface area contributed by atoms with Crippen LogP contribution >= 0.6 is 0 Å². The Bertz CT molecular complexity index is 933. The Labute approximate surface area is 171 Å². The fraction of sp³-hybridized carbons (Fsp3) is 0.261. The second-order valence-electron chi connectivity index (χ2n) is 7.25. The third-order valence-electron chi connectivity index (χ3n) is 5.18. The molecule has 0 spiro atoms. The van der Waals surface area contributed by atoms with Gasteiger partial charge < -0.3 is 15.1 Å². The molecule has 0 saturated carbocycles. The van der Waals surface area contributed by atoms with Crippen LogP contribution < -0.4 is 15.1 Å². The number of carbonyl (C=O) groups excluding carboxylic acids is 1. The Morgan fingerprint density at radius 3 is 2.21 bits per heavy atom. The zero-order valence-electron chi connectivity index (χ0n) is 16.6. The molecule has 3 aromatic rings. The highest BCUT2D eigenvalue weighted by Gasteiger charge is 2.19. The summed E-state index contributed by atoms with van der Waals surface area (Å²) in [6.45, 7) is 6.14. The van der Waals surface area contributed by atoms with Gasteiger partial charge in [0.2, 0.25) is 0 Å². The van der Waals surface area contributed by atoms with Crippen molar-refractivity contribution >= 4 is 17.4 Å². The molecule has 1 fully saturated rings. The molecule has 148 valence electrons. The molecule has 1 amide bonds. The standard InChI is InChI=1S/C23H25N5O/c1-18-7-9-19(10-8-18)17-24-23(29)21-11-12-22(26-25-21)28-15-13-27(14-16-28)20-5-3-2-4-6-20/h2-12H,13-17H2,1H3,(H,24,29). The predicted octanol–water partition coefficient (Wildman–Crippen LogP) is 3.04. The summed E-state index contributed by atoms with van der Waals surface area (Å²) in [6, 6.07) is 22.2. The summed E-state index contributed by atoms with van der Waals surface area (Å²) < 4.78 is 0. The van der Waals surface area contributed by atoms with E-state index < -0.39 is 0 Å². The summed E-state index contributed by atoms with van der Waals surface area (Å²) in [5.41, 5.74) is 3.85. The lowest BCUT2D eigenvalue weighted by Crippen LogP contribution is -2.46. The Morgan fingerprint density at radius 2 is 1.55 bits per heavy atom. The van der Waals surface area contributed by atoms with Crippen LogP contribution in [0, 0.1) is 6.92 Å². The van der Waals surface area contributed by atoms with E-state index >= 15 is 0 Å². The van der Waals surface area contributed by atoms with Crippen LogP contribution in [0.1, 0.15) is 21.6 Å². The molecule has 2 aromatic carbocycles. The Morgan fingerprint density at radius 1 is 0.862 bits per heavy atom. The SMILES string of the molecule is Cc1ccc(CNC(=O)c2ccc(N3CCN(c4ccccc4)CC3)nn2)cc1. The number of rotatable bonds is 5. The van der Waals surface area contributed by atoms with Crippen molar-refractivity contribution in [3.05, 3.63) is 83.6 Å². The minimum atomic E-state index is -0.210. The van der Waals surface area contributed by atoms with Crippen LogP contribution in [-0.4, -0.2) is 42.3 Å². The number of hydrogen-bond donors (Lipinski definition) is 1. The van der Waals surface area contributed by atoms with Crippen LogP contribution in [-0.2, 0) is 6.54 Å². The number of anilines is 2. The number of aryl methyl sites for hydroxylation is 1. The van der Waals surface area contributed by atoms with Crippen molar-refractivity contribution < 1.29 is 4.79 Å². The molecule has 1 saturated heterocycles. The van der Waals surface area contributed by atoms with Crippen molar-refractivity contribution in [3.63, 3.8) is 0 Å². The van der Waals surface area contributed by atoms with Crippen LogP contribution in [0.15, 0.2) is 66.7 Å². The van der Waals surface area contributed by atoms with E-state index in [9.17, 15) is 4.79 Å². The first-order valence-corrected chi connectivity index (χ1v) is 9.91. The molecular formula is C23H25N5O. The Kier molecular flexibility index (Phi) is 5.70. The highest BCUT2D eigenvalue weighted by Crippen LogP contribution is 2.18. The number of nitrogens with one attached hydrogen (secondary N) is 1. The first kappa shape index (κ1) is 18.9. The van der Waals surface area contributed by atoms with Crippen molar-refractivity contribution in [2.24, 2.45) is 0 Å². The van der Waals surface area contributed by atoms with Crippen LogP contribution in [0.4, 0.5) is 11.5 Å². The summed E-state index contributed by atoms with van der Waals surface area (Å²) in [5.74, 6) is 0.603. The fourth-order valence-electron chi connectivity index (χ4n) is 3.43. The average molecular weight is 387 g/mol. The Hall–Kier alpha value is -3.41. The zero-order chi connectivity index (χ0) is 20.1. The van der Waals surface area contributed by atoms with Crippen molar-refractivity contribution in [1.29, 1.82) is 0 Å². The molecular weight excluding hydrogens is 362 g/mol. The van der Waals surface area contributed by atoms with Crippen LogP contribution in [0.5, 0.6) is 0 Å². The summed E-state index contributed by atoms with van der Waals surface area (Å²) in [4.78, 5) is 16.9. The van der Waals surface area contributed by atoms with Crippen LogP contribution in [0.25, 0.3) is 0 Å². The van der Waals surface area contributed by atoms with Crippen molar-refractivity contribution in [2.75, 3.05) is 36.0 Å². The highest BCUT2D eigenvalue weighted by molar-refractivity contribution is 5.92. The van der Waals surface area contributed by atoms with Gasteiger partial charge in [-0.25, -0.2) is 0 Å². The highest BCUT2D eigenvalue weighted by atomic mass is 16.1. The lowest BCUT2D eigenvalue weighted by molar-refractivity contribution is 0.0945. The molecule has 6 nitrogen and oxygen atoms in total. The van der Waals surface area contributed by atoms with E-state index in [2.05, 4.69) is 49.6 Å². The maximum Gasteiger partial charge on any atom is 0.272 e. The topological polar surface area (TPSA) is 61.4 Å². The number of aromatic nitrogens is 2. The van der Waals surface area contributed by atoms with E-state index in [4.69, 9.17) is 0 Å². The van der Waals surface area contributed by atoms with Gasteiger partial charge in [-0.3, -0.25) is 4.79 Å². The number of piperazine rings is 1. The number of para-hydroxylation sites is 1. The van der Waals surface area contributed by atoms with Gasteiger partial charge in [0.05, 0.1) is 0 Å². The van der Waals surface area contributed by atoms with Crippen LogP contribution in [0.2, 0.25) is 0 Å². The molecule has 1 N–H and O–H groups in total. The summed E-state index contributed by atoms with van der Waals surface area (Å²) in [6.07, 6.45) is 0. The third kappa shape index (κ3) is 4.71. The molecule has 2 heterocycles.